The lowest BCUT2D eigenvalue weighted by molar-refractivity contribution is 0.194. The number of ether oxygens (including phenoxy) is 1. The van der Waals surface area contributed by atoms with Crippen molar-refractivity contribution in [3.63, 3.8) is 0 Å². The molecule has 5 nitrogen and oxygen atoms in total. The van der Waals surface area contributed by atoms with E-state index in [0.717, 1.165) is 5.56 Å². The van der Waals surface area contributed by atoms with Crippen LogP contribution < -0.4 is 4.74 Å². The fraction of sp³-hybridized carbons (Fsp3) is 0.353. The van der Waals surface area contributed by atoms with E-state index in [-0.39, 0.29) is 6.16 Å². The molecule has 0 bridgehead atoms. The number of rotatable bonds is 8. The molecule has 1 N–H and O–H groups in total. The molecule has 0 amide bonds. The Labute approximate surface area is 136 Å². The highest BCUT2D eigenvalue weighted by atomic mass is 31.2. The number of benzene rings is 1. The van der Waals surface area contributed by atoms with Crippen molar-refractivity contribution in [3.05, 3.63) is 59.8 Å². The normalized spacial score (nSPS) is 14.9. The predicted molar refractivity (Wildman–Crippen MR) is 90.0 cm³/mol. The van der Waals surface area contributed by atoms with Crippen molar-refractivity contribution < 1.29 is 18.9 Å². The molecule has 1 heterocycles. The third-order valence-corrected chi connectivity index (χ3v) is 5.09. The Morgan fingerprint density at radius 3 is 2.70 bits per heavy atom. The molecule has 0 spiro atoms. The van der Waals surface area contributed by atoms with Gasteiger partial charge in [-0.05, 0) is 24.1 Å². The maximum Gasteiger partial charge on any atom is 0.213 e. The first kappa shape index (κ1) is 17.7. The molecular weight excluding hydrogens is 313 g/mol. The van der Waals surface area contributed by atoms with Crippen molar-refractivity contribution in [2.45, 2.75) is 19.6 Å². The summed E-state index contributed by atoms with van der Waals surface area (Å²) >= 11 is 0. The van der Waals surface area contributed by atoms with Crippen LogP contribution in [-0.2, 0) is 15.7 Å². The van der Waals surface area contributed by atoms with E-state index >= 15 is 0 Å². The summed E-state index contributed by atoms with van der Waals surface area (Å²) in [5, 5.41) is 10.3. The summed E-state index contributed by atoms with van der Waals surface area (Å²) < 4.78 is 23.0. The molecule has 2 aromatic rings. The molecule has 0 aliphatic heterocycles. The van der Waals surface area contributed by atoms with Crippen LogP contribution in [0, 0.1) is 0 Å². The number of hydrogen-bond donors (Lipinski definition) is 1. The van der Waals surface area contributed by atoms with Crippen LogP contribution >= 0.6 is 7.37 Å². The summed E-state index contributed by atoms with van der Waals surface area (Å²) in [5.74, 6) is 0.424. The van der Waals surface area contributed by atoms with Gasteiger partial charge in [0.15, 0.2) is 0 Å². The lowest BCUT2D eigenvalue weighted by atomic mass is 10.2. The summed E-state index contributed by atoms with van der Waals surface area (Å²) in [6.45, 7) is 4.08. The Kier molecular flexibility index (Phi) is 6.34. The molecule has 1 aromatic heterocycles. The third-order valence-electron chi connectivity index (χ3n) is 3.28. The fourth-order valence-corrected chi connectivity index (χ4v) is 3.68. The Morgan fingerprint density at radius 2 is 2.00 bits per heavy atom. The van der Waals surface area contributed by atoms with E-state index in [1.807, 2.05) is 30.3 Å². The number of nitrogens with zero attached hydrogens (tertiary/aromatic N) is 1. The van der Waals surface area contributed by atoms with Crippen LogP contribution in [0.3, 0.4) is 0 Å². The van der Waals surface area contributed by atoms with Crippen molar-refractivity contribution in [1.82, 2.24) is 4.98 Å². The van der Waals surface area contributed by atoms with Gasteiger partial charge in [-0.2, -0.15) is 0 Å². The zero-order valence-electron chi connectivity index (χ0n) is 13.4. The summed E-state index contributed by atoms with van der Waals surface area (Å²) in [6, 6.07) is 13.1. The molecule has 0 aliphatic carbocycles. The second-order valence-electron chi connectivity index (χ2n) is 5.33. The Bertz CT molecular complexity index is 663. The van der Waals surface area contributed by atoms with Gasteiger partial charge in [0.25, 0.3) is 0 Å². The molecule has 2 atom stereocenters. The van der Waals surface area contributed by atoms with Crippen LogP contribution in [0.2, 0.25) is 0 Å². The van der Waals surface area contributed by atoms with Gasteiger partial charge in [-0.3, -0.25) is 4.57 Å². The average Bonchev–Trinajstić information content (AvgIpc) is 2.53. The van der Waals surface area contributed by atoms with Gasteiger partial charge in [0.2, 0.25) is 13.2 Å². The SMILES string of the molecule is CCOP(C)(=O)C[C@@H](O)c1ccnc(OCc2ccccc2)c1. The van der Waals surface area contributed by atoms with Gasteiger partial charge in [-0.25, -0.2) is 4.98 Å². The van der Waals surface area contributed by atoms with E-state index in [0.29, 0.717) is 24.7 Å². The number of hydrogen-bond acceptors (Lipinski definition) is 5. The molecule has 0 radical (unpaired) electrons. The van der Waals surface area contributed by atoms with Gasteiger partial charge in [-0.1, -0.05) is 30.3 Å². The number of aromatic nitrogens is 1. The molecule has 0 fully saturated rings. The van der Waals surface area contributed by atoms with Crippen molar-refractivity contribution in [2.24, 2.45) is 0 Å². The first-order valence-corrected chi connectivity index (χ1v) is 9.77. The van der Waals surface area contributed by atoms with Gasteiger partial charge in [0.05, 0.1) is 18.9 Å². The molecular formula is C17H22NO4P. The lowest BCUT2D eigenvalue weighted by Crippen LogP contribution is -2.07. The van der Waals surface area contributed by atoms with E-state index < -0.39 is 13.5 Å². The zero-order valence-corrected chi connectivity index (χ0v) is 14.3. The molecule has 6 heteroatoms. The Balaban J connectivity index is 2.00. The van der Waals surface area contributed by atoms with Crippen LogP contribution in [0.15, 0.2) is 48.7 Å². The van der Waals surface area contributed by atoms with E-state index in [1.165, 1.54) is 6.66 Å². The largest absolute Gasteiger partial charge is 0.473 e. The highest BCUT2D eigenvalue weighted by Gasteiger charge is 2.22. The molecule has 2 rings (SSSR count). The number of aliphatic hydroxyl groups is 1. The van der Waals surface area contributed by atoms with E-state index in [2.05, 4.69) is 4.98 Å². The monoisotopic (exact) mass is 335 g/mol. The van der Waals surface area contributed by atoms with Gasteiger partial charge in [0.1, 0.15) is 6.61 Å². The van der Waals surface area contributed by atoms with Crippen LogP contribution in [0.4, 0.5) is 0 Å². The Hall–Kier alpha value is -1.68. The topological polar surface area (TPSA) is 68.7 Å². The minimum absolute atomic E-state index is 0.0724. The summed E-state index contributed by atoms with van der Waals surface area (Å²) in [4.78, 5) is 4.14. The molecule has 124 valence electrons. The third kappa shape index (κ3) is 5.79. The van der Waals surface area contributed by atoms with Gasteiger partial charge in [-0.15, -0.1) is 0 Å². The van der Waals surface area contributed by atoms with Crippen molar-refractivity contribution in [3.8, 4) is 5.88 Å². The second kappa shape index (κ2) is 8.25. The standard InChI is InChI=1S/C17H22NO4P/c1-3-22-23(2,20)13-16(19)15-9-10-18-17(11-15)21-12-14-7-5-4-6-8-14/h4-11,16,19H,3,12-13H2,1-2H3/t16-,23?/m1/s1. The van der Waals surface area contributed by atoms with Crippen LogP contribution in [0.25, 0.3) is 0 Å². The average molecular weight is 335 g/mol. The van der Waals surface area contributed by atoms with Crippen molar-refractivity contribution in [2.75, 3.05) is 19.4 Å². The maximum atomic E-state index is 12.2. The van der Waals surface area contributed by atoms with Gasteiger partial charge in [0, 0.05) is 18.9 Å². The van der Waals surface area contributed by atoms with E-state index in [1.54, 1.807) is 25.3 Å². The zero-order chi connectivity index (χ0) is 16.7. The molecule has 0 saturated heterocycles. The van der Waals surface area contributed by atoms with Crippen LogP contribution in [0.1, 0.15) is 24.2 Å². The quantitative estimate of drug-likeness (QED) is 0.746. The highest BCUT2D eigenvalue weighted by Crippen LogP contribution is 2.45. The smallest absolute Gasteiger partial charge is 0.213 e. The molecule has 1 aromatic carbocycles. The van der Waals surface area contributed by atoms with Gasteiger partial charge >= 0.3 is 0 Å². The van der Waals surface area contributed by atoms with Crippen molar-refractivity contribution >= 4 is 7.37 Å². The maximum absolute atomic E-state index is 12.2. The highest BCUT2D eigenvalue weighted by molar-refractivity contribution is 7.58. The second-order valence-corrected chi connectivity index (χ2v) is 7.98. The molecule has 1 unspecified atom stereocenters. The molecule has 23 heavy (non-hydrogen) atoms. The van der Waals surface area contributed by atoms with E-state index in [4.69, 9.17) is 9.26 Å². The van der Waals surface area contributed by atoms with Crippen molar-refractivity contribution in [1.29, 1.82) is 0 Å². The predicted octanol–water partition coefficient (Wildman–Crippen LogP) is 3.64. The summed E-state index contributed by atoms with van der Waals surface area (Å²) in [7, 11) is -2.80. The van der Waals surface area contributed by atoms with E-state index in [9.17, 15) is 9.67 Å². The first-order chi connectivity index (χ1) is 11.0. The Morgan fingerprint density at radius 1 is 1.26 bits per heavy atom. The summed E-state index contributed by atoms with van der Waals surface area (Å²) in [5.41, 5.74) is 1.65. The minimum atomic E-state index is -2.80. The first-order valence-electron chi connectivity index (χ1n) is 7.52. The number of aliphatic hydroxyl groups excluding tert-OH is 1. The lowest BCUT2D eigenvalue weighted by Gasteiger charge is -2.17. The molecule has 0 aliphatic rings. The van der Waals surface area contributed by atoms with Gasteiger partial charge < -0.3 is 14.4 Å². The van der Waals surface area contributed by atoms with Crippen LogP contribution in [-0.4, -0.2) is 29.5 Å². The summed E-state index contributed by atoms with van der Waals surface area (Å²) in [6.07, 6.45) is 0.766. The number of pyridine rings is 1. The minimum Gasteiger partial charge on any atom is -0.473 e. The fourth-order valence-electron chi connectivity index (χ4n) is 2.19. The molecule has 0 saturated carbocycles. The van der Waals surface area contributed by atoms with Crippen LogP contribution in [0.5, 0.6) is 5.88 Å².